The highest BCUT2D eigenvalue weighted by atomic mass is 16.3. The number of Topliss-reactive ketones (excluding diaryl/α,β-unsaturated/α-hetero) is 1. The summed E-state index contributed by atoms with van der Waals surface area (Å²) in [5, 5.41) is 13.3. The van der Waals surface area contributed by atoms with Crippen LogP contribution in [0.15, 0.2) is 42.0 Å². The van der Waals surface area contributed by atoms with Crippen LogP contribution in [0, 0.1) is 13.8 Å². The van der Waals surface area contributed by atoms with Crippen molar-refractivity contribution in [3.8, 4) is 0 Å². The largest absolute Gasteiger partial charge is 0.506 e. The van der Waals surface area contributed by atoms with Crippen LogP contribution in [-0.2, 0) is 23.1 Å². The van der Waals surface area contributed by atoms with Crippen molar-refractivity contribution in [2.75, 3.05) is 0 Å². The van der Waals surface area contributed by atoms with Crippen molar-refractivity contribution in [1.82, 2.24) is 9.88 Å². The second kappa shape index (κ2) is 6.59. The monoisotopic (exact) mass is 338 g/mol. The zero-order chi connectivity index (χ0) is 18.1. The van der Waals surface area contributed by atoms with E-state index in [1.165, 1.54) is 0 Å². The quantitative estimate of drug-likeness (QED) is 0.511. The standard InChI is InChI=1S/C20H22N2O3/c1-12-11-15(13(2)22(12)3)18(23)17-19(24)16(21-20(17)25)10-9-14-7-5-4-6-8-14/h4-8,11,16,23H,9-10H2,1-3H3,(H,21,25)/b18-17+. The van der Waals surface area contributed by atoms with Gasteiger partial charge in [-0.3, -0.25) is 9.59 Å². The Morgan fingerprint density at radius 2 is 1.88 bits per heavy atom. The van der Waals surface area contributed by atoms with Crippen molar-refractivity contribution >= 4 is 17.4 Å². The summed E-state index contributed by atoms with van der Waals surface area (Å²) in [5.41, 5.74) is 3.27. The molecule has 1 aromatic heterocycles. The van der Waals surface area contributed by atoms with Crippen LogP contribution >= 0.6 is 0 Å². The maximum absolute atomic E-state index is 12.6. The fraction of sp³-hybridized carbons (Fsp3) is 0.300. The number of nitrogens with one attached hydrogen (secondary N) is 1. The number of aliphatic hydroxyl groups is 1. The first-order valence-electron chi connectivity index (χ1n) is 8.35. The first-order valence-corrected chi connectivity index (χ1v) is 8.35. The molecular weight excluding hydrogens is 316 g/mol. The number of aliphatic hydroxyl groups excluding tert-OH is 1. The van der Waals surface area contributed by atoms with E-state index in [1.807, 2.05) is 55.8 Å². The van der Waals surface area contributed by atoms with Gasteiger partial charge in [-0.15, -0.1) is 0 Å². The molecule has 1 saturated heterocycles. The molecule has 1 atom stereocenters. The number of benzene rings is 1. The number of carbonyl (C=O) groups is 2. The van der Waals surface area contributed by atoms with Crippen LogP contribution in [0.1, 0.15) is 28.9 Å². The summed E-state index contributed by atoms with van der Waals surface area (Å²) in [7, 11) is 1.88. The number of rotatable bonds is 4. The third-order valence-electron chi connectivity index (χ3n) is 4.93. The first-order chi connectivity index (χ1) is 11.9. The Hall–Kier alpha value is -2.82. The normalized spacial score (nSPS) is 19.2. The van der Waals surface area contributed by atoms with Crippen molar-refractivity contribution in [1.29, 1.82) is 0 Å². The van der Waals surface area contributed by atoms with Crippen molar-refractivity contribution in [2.45, 2.75) is 32.7 Å². The Kier molecular flexibility index (Phi) is 4.49. The lowest BCUT2D eigenvalue weighted by Crippen LogP contribution is -2.29. The third-order valence-corrected chi connectivity index (χ3v) is 4.93. The van der Waals surface area contributed by atoms with Gasteiger partial charge in [-0.25, -0.2) is 0 Å². The van der Waals surface area contributed by atoms with Gasteiger partial charge in [0.25, 0.3) is 5.91 Å². The fourth-order valence-electron chi connectivity index (χ4n) is 3.20. The predicted molar refractivity (Wildman–Crippen MR) is 96.1 cm³/mol. The number of amides is 1. The molecule has 130 valence electrons. The molecule has 5 nitrogen and oxygen atoms in total. The van der Waals surface area contributed by atoms with Gasteiger partial charge in [0.1, 0.15) is 11.3 Å². The molecule has 5 heteroatoms. The summed E-state index contributed by atoms with van der Waals surface area (Å²) in [5.74, 6) is -1.06. The molecular formula is C20H22N2O3. The molecule has 0 radical (unpaired) electrons. The molecule has 0 aliphatic carbocycles. The number of aromatic nitrogens is 1. The second-order valence-electron chi connectivity index (χ2n) is 6.48. The summed E-state index contributed by atoms with van der Waals surface area (Å²) in [4.78, 5) is 24.9. The molecule has 1 amide bonds. The van der Waals surface area contributed by atoms with E-state index < -0.39 is 11.9 Å². The second-order valence-corrected chi connectivity index (χ2v) is 6.48. The maximum atomic E-state index is 12.6. The van der Waals surface area contributed by atoms with Gasteiger partial charge in [-0.2, -0.15) is 0 Å². The Morgan fingerprint density at radius 3 is 2.48 bits per heavy atom. The van der Waals surface area contributed by atoms with Gasteiger partial charge in [0, 0.05) is 24.0 Å². The molecule has 0 saturated carbocycles. The number of aryl methyl sites for hydroxylation is 2. The average Bonchev–Trinajstić information content (AvgIpc) is 3.03. The first kappa shape index (κ1) is 17.0. The molecule has 3 rings (SSSR count). The van der Waals surface area contributed by atoms with Crippen LogP contribution in [0.2, 0.25) is 0 Å². The highest BCUT2D eigenvalue weighted by Gasteiger charge is 2.38. The van der Waals surface area contributed by atoms with Crippen LogP contribution in [0.5, 0.6) is 0 Å². The molecule has 1 fully saturated rings. The topological polar surface area (TPSA) is 71.3 Å². The number of carbonyl (C=O) groups excluding carboxylic acids is 2. The minimum Gasteiger partial charge on any atom is -0.506 e. The molecule has 0 spiro atoms. The highest BCUT2D eigenvalue weighted by molar-refractivity contribution is 6.30. The molecule has 0 bridgehead atoms. The zero-order valence-corrected chi connectivity index (χ0v) is 14.7. The van der Waals surface area contributed by atoms with E-state index in [-0.39, 0.29) is 17.1 Å². The molecule has 2 heterocycles. The lowest BCUT2D eigenvalue weighted by Gasteiger charge is -2.07. The summed E-state index contributed by atoms with van der Waals surface area (Å²) in [6.45, 7) is 3.76. The van der Waals surface area contributed by atoms with Gasteiger partial charge in [-0.1, -0.05) is 30.3 Å². The third kappa shape index (κ3) is 3.09. The van der Waals surface area contributed by atoms with Gasteiger partial charge in [-0.05, 0) is 38.3 Å². The van der Waals surface area contributed by atoms with Gasteiger partial charge < -0.3 is 15.0 Å². The molecule has 25 heavy (non-hydrogen) atoms. The molecule has 1 aromatic carbocycles. The van der Waals surface area contributed by atoms with E-state index in [0.29, 0.717) is 18.4 Å². The molecule has 1 aliphatic heterocycles. The molecule has 2 aromatic rings. The fourth-order valence-corrected chi connectivity index (χ4v) is 3.20. The molecule has 2 N–H and O–H groups in total. The van der Waals surface area contributed by atoms with E-state index in [1.54, 1.807) is 6.07 Å². The van der Waals surface area contributed by atoms with Crippen LogP contribution in [0.3, 0.4) is 0 Å². The van der Waals surface area contributed by atoms with E-state index in [9.17, 15) is 14.7 Å². The average molecular weight is 338 g/mol. The number of ketones is 1. The van der Waals surface area contributed by atoms with Crippen LogP contribution in [-0.4, -0.2) is 27.4 Å². The van der Waals surface area contributed by atoms with Gasteiger partial charge in [0.2, 0.25) is 0 Å². The van der Waals surface area contributed by atoms with E-state index >= 15 is 0 Å². The van der Waals surface area contributed by atoms with Gasteiger partial charge >= 0.3 is 0 Å². The zero-order valence-electron chi connectivity index (χ0n) is 14.7. The van der Waals surface area contributed by atoms with Crippen molar-refractivity contribution in [3.63, 3.8) is 0 Å². The maximum Gasteiger partial charge on any atom is 0.259 e. The molecule has 1 unspecified atom stereocenters. The van der Waals surface area contributed by atoms with Gasteiger partial charge in [0.15, 0.2) is 5.78 Å². The number of nitrogens with zero attached hydrogens (tertiary/aromatic N) is 1. The van der Waals surface area contributed by atoms with Gasteiger partial charge in [0.05, 0.1) is 6.04 Å². The SMILES string of the molecule is Cc1cc(/C(O)=C2\C(=O)NC(CCc3ccccc3)C2=O)c(C)n1C. The Balaban J connectivity index is 1.84. The predicted octanol–water partition coefficient (Wildman–Crippen LogP) is 2.61. The van der Waals surface area contributed by atoms with E-state index in [2.05, 4.69) is 5.32 Å². The number of hydrogen-bond donors (Lipinski definition) is 2. The molecule has 1 aliphatic rings. The summed E-state index contributed by atoms with van der Waals surface area (Å²) in [6.07, 6.45) is 1.20. The van der Waals surface area contributed by atoms with Crippen molar-refractivity contribution in [2.24, 2.45) is 7.05 Å². The van der Waals surface area contributed by atoms with Crippen LogP contribution < -0.4 is 5.32 Å². The summed E-state index contributed by atoms with van der Waals surface area (Å²) >= 11 is 0. The van der Waals surface area contributed by atoms with Crippen LogP contribution in [0.4, 0.5) is 0 Å². The minimum absolute atomic E-state index is 0.133. The lowest BCUT2D eigenvalue weighted by atomic mass is 9.99. The Morgan fingerprint density at radius 1 is 1.20 bits per heavy atom. The van der Waals surface area contributed by atoms with Crippen LogP contribution in [0.25, 0.3) is 5.76 Å². The minimum atomic E-state index is -0.588. The van der Waals surface area contributed by atoms with Crippen molar-refractivity contribution < 1.29 is 14.7 Å². The Labute approximate surface area is 147 Å². The lowest BCUT2D eigenvalue weighted by molar-refractivity contribution is -0.117. The van der Waals surface area contributed by atoms with E-state index in [0.717, 1.165) is 17.0 Å². The van der Waals surface area contributed by atoms with Crippen molar-refractivity contribution in [3.05, 3.63) is 64.5 Å². The number of hydrogen-bond acceptors (Lipinski definition) is 3. The summed E-state index contributed by atoms with van der Waals surface area (Å²) < 4.78 is 1.91. The smallest absolute Gasteiger partial charge is 0.259 e. The Bertz CT molecular complexity index is 863. The van der Waals surface area contributed by atoms with E-state index in [4.69, 9.17) is 0 Å². The highest BCUT2D eigenvalue weighted by Crippen LogP contribution is 2.27. The summed E-state index contributed by atoms with van der Waals surface area (Å²) in [6, 6.07) is 11.0.